The fourth-order valence-electron chi connectivity index (χ4n) is 1.76. The van der Waals surface area contributed by atoms with E-state index in [1.54, 1.807) is 0 Å². The summed E-state index contributed by atoms with van der Waals surface area (Å²) in [5.74, 6) is 0. The Morgan fingerprint density at radius 2 is 2.06 bits per heavy atom. The van der Waals surface area contributed by atoms with Gasteiger partial charge < -0.3 is 10.7 Å². The van der Waals surface area contributed by atoms with Crippen molar-refractivity contribution in [3.05, 3.63) is 34.4 Å². The van der Waals surface area contributed by atoms with Crippen molar-refractivity contribution in [3.8, 4) is 0 Å². The number of aromatic nitrogens is 1. The molecule has 2 nitrogen and oxygen atoms in total. The van der Waals surface area contributed by atoms with Gasteiger partial charge in [0.25, 0.3) is 0 Å². The largest absolute Gasteiger partial charge is 0.358 e. The van der Waals surface area contributed by atoms with E-state index in [1.165, 1.54) is 16.6 Å². The van der Waals surface area contributed by atoms with Crippen molar-refractivity contribution in [3.63, 3.8) is 0 Å². The minimum absolute atomic E-state index is 0.0993. The van der Waals surface area contributed by atoms with Crippen molar-refractivity contribution in [1.29, 1.82) is 0 Å². The van der Waals surface area contributed by atoms with Crippen LogP contribution in [0.2, 0.25) is 0 Å². The van der Waals surface area contributed by atoms with Crippen LogP contribution in [0.4, 0.5) is 0 Å². The van der Waals surface area contributed by atoms with Crippen molar-refractivity contribution >= 4 is 26.8 Å². The minimum atomic E-state index is -0.0993. The Morgan fingerprint density at radius 1 is 1.31 bits per heavy atom. The van der Waals surface area contributed by atoms with E-state index in [4.69, 9.17) is 5.73 Å². The predicted octanol–water partition coefficient (Wildman–Crippen LogP) is 3.60. The van der Waals surface area contributed by atoms with Crippen LogP contribution >= 0.6 is 15.9 Å². The van der Waals surface area contributed by atoms with Gasteiger partial charge in [0.05, 0.1) is 0 Å². The number of aromatic amines is 1. The third-order valence-corrected chi connectivity index (χ3v) is 3.17. The molecule has 0 atom stereocenters. The lowest BCUT2D eigenvalue weighted by Crippen LogP contribution is -2.32. The summed E-state index contributed by atoms with van der Waals surface area (Å²) in [5.41, 5.74) is 8.33. The zero-order chi connectivity index (χ0) is 11.8. The summed E-state index contributed by atoms with van der Waals surface area (Å²) >= 11 is 3.48. The molecular formula is C13H17BrN2. The number of halogens is 1. The van der Waals surface area contributed by atoms with Crippen molar-refractivity contribution in [2.75, 3.05) is 0 Å². The summed E-state index contributed by atoms with van der Waals surface area (Å²) in [4.78, 5) is 3.42. The van der Waals surface area contributed by atoms with Crippen LogP contribution in [0.1, 0.15) is 26.0 Å². The first-order chi connectivity index (χ1) is 7.44. The number of H-pyrrole nitrogens is 1. The Balaban J connectivity index is 2.20. The molecule has 2 rings (SSSR count). The van der Waals surface area contributed by atoms with Crippen molar-refractivity contribution in [2.45, 2.75) is 32.2 Å². The molecule has 1 aromatic carbocycles. The number of hydrogen-bond donors (Lipinski definition) is 2. The molecule has 0 saturated carbocycles. The first kappa shape index (κ1) is 11.7. The Kier molecular flexibility index (Phi) is 3.08. The number of fused-ring (bicyclic) bond motifs is 1. The lowest BCUT2D eigenvalue weighted by atomic mass is 9.99. The van der Waals surface area contributed by atoms with E-state index < -0.39 is 0 Å². The third kappa shape index (κ3) is 2.86. The van der Waals surface area contributed by atoms with Gasteiger partial charge in [-0.15, -0.1) is 0 Å². The summed E-state index contributed by atoms with van der Waals surface area (Å²) in [5, 5.41) is 1.25. The van der Waals surface area contributed by atoms with E-state index in [0.29, 0.717) is 0 Å². The second kappa shape index (κ2) is 4.22. The summed E-state index contributed by atoms with van der Waals surface area (Å²) < 4.78 is 1.12. The minimum Gasteiger partial charge on any atom is -0.358 e. The molecular weight excluding hydrogens is 264 g/mol. The quantitative estimate of drug-likeness (QED) is 0.886. The first-order valence-corrected chi connectivity index (χ1v) is 6.29. The molecule has 3 N–H and O–H groups in total. The zero-order valence-corrected chi connectivity index (χ0v) is 11.3. The van der Waals surface area contributed by atoms with Gasteiger partial charge in [0.15, 0.2) is 0 Å². The molecule has 0 fully saturated rings. The van der Waals surface area contributed by atoms with Gasteiger partial charge in [-0.2, -0.15) is 0 Å². The number of hydrogen-bond acceptors (Lipinski definition) is 1. The SMILES string of the molecule is CC(C)(N)CCc1cc2cc(Br)ccc2[nH]1. The maximum atomic E-state index is 5.98. The van der Waals surface area contributed by atoms with Gasteiger partial charge in [-0.3, -0.25) is 0 Å². The zero-order valence-electron chi connectivity index (χ0n) is 9.68. The molecule has 1 aromatic heterocycles. The van der Waals surface area contributed by atoms with Gasteiger partial charge in [-0.25, -0.2) is 0 Å². The van der Waals surface area contributed by atoms with Crippen molar-refractivity contribution in [2.24, 2.45) is 5.73 Å². The monoisotopic (exact) mass is 280 g/mol. The molecule has 16 heavy (non-hydrogen) atoms. The molecule has 0 radical (unpaired) electrons. The lowest BCUT2D eigenvalue weighted by Gasteiger charge is -2.17. The molecule has 0 amide bonds. The Morgan fingerprint density at radius 3 is 2.75 bits per heavy atom. The van der Waals surface area contributed by atoms with E-state index in [-0.39, 0.29) is 5.54 Å². The highest BCUT2D eigenvalue weighted by Crippen LogP contribution is 2.21. The van der Waals surface area contributed by atoms with Crippen LogP contribution in [0.5, 0.6) is 0 Å². The molecule has 3 heteroatoms. The molecule has 0 aliphatic rings. The highest BCUT2D eigenvalue weighted by Gasteiger charge is 2.11. The maximum Gasteiger partial charge on any atom is 0.0456 e. The van der Waals surface area contributed by atoms with E-state index >= 15 is 0 Å². The second-order valence-electron chi connectivity index (χ2n) is 5.01. The van der Waals surface area contributed by atoms with E-state index in [2.05, 4.69) is 59.0 Å². The number of nitrogens with one attached hydrogen (secondary N) is 1. The van der Waals surface area contributed by atoms with E-state index in [0.717, 1.165) is 17.3 Å². The smallest absolute Gasteiger partial charge is 0.0456 e. The van der Waals surface area contributed by atoms with Crippen LogP contribution in [0.25, 0.3) is 10.9 Å². The lowest BCUT2D eigenvalue weighted by molar-refractivity contribution is 0.475. The second-order valence-corrected chi connectivity index (χ2v) is 5.93. The predicted molar refractivity (Wildman–Crippen MR) is 72.6 cm³/mol. The summed E-state index contributed by atoms with van der Waals surface area (Å²) in [7, 11) is 0. The Hall–Kier alpha value is -0.800. The number of rotatable bonds is 3. The number of aryl methyl sites for hydroxylation is 1. The van der Waals surface area contributed by atoms with Crippen molar-refractivity contribution in [1.82, 2.24) is 4.98 Å². The first-order valence-electron chi connectivity index (χ1n) is 5.50. The van der Waals surface area contributed by atoms with Gasteiger partial charge in [0.1, 0.15) is 0 Å². The summed E-state index contributed by atoms with van der Waals surface area (Å²) in [6, 6.07) is 8.47. The van der Waals surface area contributed by atoms with E-state index in [1.807, 2.05) is 0 Å². The van der Waals surface area contributed by atoms with Crippen LogP contribution in [-0.2, 0) is 6.42 Å². The van der Waals surface area contributed by atoms with Gasteiger partial charge in [-0.1, -0.05) is 15.9 Å². The van der Waals surface area contributed by atoms with Crippen LogP contribution in [-0.4, -0.2) is 10.5 Å². The van der Waals surface area contributed by atoms with Crippen LogP contribution in [0, 0.1) is 0 Å². The highest BCUT2D eigenvalue weighted by molar-refractivity contribution is 9.10. The molecule has 0 aliphatic carbocycles. The van der Waals surface area contributed by atoms with Gasteiger partial charge >= 0.3 is 0 Å². The Labute approximate surface area is 104 Å². The normalized spacial score (nSPS) is 12.2. The molecule has 1 heterocycles. The molecule has 2 aromatic rings. The highest BCUT2D eigenvalue weighted by atomic mass is 79.9. The fourth-order valence-corrected chi connectivity index (χ4v) is 2.13. The average Bonchev–Trinajstić information content (AvgIpc) is 2.55. The molecule has 0 unspecified atom stereocenters. The van der Waals surface area contributed by atoms with Crippen LogP contribution in [0.15, 0.2) is 28.7 Å². The molecule has 0 aliphatic heterocycles. The van der Waals surface area contributed by atoms with Crippen molar-refractivity contribution < 1.29 is 0 Å². The number of nitrogens with two attached hydrogens (primary N) is 1. The summed E-state index contributed by atoms with van der Waals surface area (Å²) in [6.07, 6.45) is 1.98. The van der Waals surface area contributed by atoms with Gasteiger partial charge in [0.2, 0.25) is 0 Å². The third-order valence-electron chi connectivity index (χ3n) is 2.68. The topological polar surface area (TPSA) is 41.8 Å². The summed E-state index contributed by atoms with van der Waals surface area (Å²) in [6.45, 7) is 4.12. The van der Waals surface area contributed by atoms with Gasteiger partial charge in [0, 0.05) is 26.6 Å². The van der Waals surface area contributed by atoms with E-state index in [9.17, 15) is 0 Å². The van der Waals surface area contributed by atoms with Crippen LogP contribution in [0.3, 0.4) is 0 Å². The molecule has 0 saturated heterocycles. The maximum absolute atomic E-state index is 5.98. The Bertz CT molecular complexity index is 494. The van der Waals surface area contributed by atoms with Crippen LogP contribution < -0.4 is 5.73 Å². The standard InChI is InChI=1S/C13H17BrN2/c1-13(2,15)6-5-11-8-9-7-10(14)3-4-12(9)16-11/h3-4,7-8,16H,5-6,15H2,1-2H3. The molecule has 0 spiro atoms. The fraction of sp³-hybridized carbons (Fsp3) is 0.385. The number of benzene rings is 1. The van der Waals surface area contributed by atoms with Gasteiger partial charge in [-0.05, 0) is 51.0 Å². The molecule has 86 valence electrons. The molecule has 0 bridgehead atoms. The average molecular weight is 281 g/mol.